The van der Waals surface area contributed by atoms with Gasteiger partial charge in [-0.1, -0.05) is 17.5 Å². The number of nitrogens with zero attached hydrogens (tertiary/aromatic N) is 3. The van der Waals surface area contributed by atoms with E-state index in [0.29, 0.717) is 39.0 Å². The number of benzene rings is 1. The van der Waals surface area contributed by atoms with Gasteiger partial charge in [-0.2, -0.15) is 0 Å². The van der Waals surface area contributed by atoms with E-state index < -0.39 is 24.8 Å². The number of aryl methyl sites for hydroxylation is 1. The molecule has 35 heavy (non-hydrogen) atoms. The Balaban J connectivity index is 1.84. The molecular formula is C26H22ClF2N4OP. The minimum atomic E-state index is -2.56. The highest BCUT2D eigenvalue weighted by molar-refractivity contribution is 7.69. The van der Waals surface area contributed by atoms with Crippen molar-refractivity contribution >= 4 is 40.9 Å². The molecule has 0 amide bonds. The lowest BCUT2D eigenvalue weighted by molar-refractivity contribution is 0.587. The molecule has 0 radical (unpaired) electrons. The SMILES string of the molecule is C#Cc1ccc(F)c(C(C)Nc2c(Cl)c(C)nc3cc(F)c(-c4ccc(P(C)(C)=O)nc4)nc23)c1. The Labute approximate surface area is 207 Å². The summed E-state index contributed by atoms with van der Waals surface area (Å²) in [5, 5.41) is 3.50. The molecule has 9 heteroatoms. The van der Waals surface area contributed by atoms with Crippen LogP contribution in [0.4, 0.5) is 14.5 Å². The Morgan fingerprint density at radius 2 is 1.86 bits per heavy atom. The van der Waals surface area contributed by atoms with E-state index in [0.717, 1.165) is 0 Å². The first kappa shape index (κ1) is 24.8. The zero-order valence-corrected chi connectivity index (χ0v) is 21.2. The molecule has 0 saturated carbocycles. The van der Waals surface area contributed by atoms with Crippen LogP contribution in [0, 0.1) is 30.9 Å². The Morgan fingerprint density at radius 1 is 1.11 bits per heavy atom. The van der Waals surface area contributed by atoms with E-state index in [-0.39, 0.29) is 16.2 Å². The summed E-state index contributed by atoms with van der Waals surface area (Å²) in [6.07, 6.45) is 6.91. The Hall–Kier alpha value is -3.33. The number of rotatable bonds is 5. The van der Waals surface area contributed by atoms with E-state index in [2.05, 4.69) is 26.2 Å². The maximum atomic E-state index is 15.1. The minimum Gasteiger partial charge on any atom is -0.375 e. The first-order chi connectivity index (χ1) is 16.5. The van der Waals surface area contributed by atoms with Crippen molar-refractivity contribution in [2.45, 2.75) is 19.9 Å². The minimum absolute atomic E-state index is 0.0384. The van der Waals surface area contributed by atoms with E-state index in [1.54, 1.807) is 45.4 Å². The quantitative estimate of drug-likeness (QED) is 0.251. The normalized spacial score (nSPS) is 12.4. The topological polar surface area (TPSA) is 67.8 Å². The molecule has 0 saturated heterocycles. The molecule has 1 aromatic carbocycles. The van der Waals surface area contributed by atoms with E-state index in [1.165, 1.54) is 24.4 Å². The summed E-state index contributed by atoms with van der Waals surface area (Å²) in [6.45, 7) is 6.68. The molecule has 1 unspecified atom stereocenters. The number of hydrogen-bond acceptors (Lipinski definition) is 5. The monoisotopic (exact) mass is 510 g/mol. The third-order valence-corrected chi connectivity index (χ3v) is 7.41. The van der Waals surface area contributed by atoms with Gasteiger partial charge >= 0.3 is 0 Å². The number of fused-ring (bicyclic) bond motifs is 1. The second kappa shape index (κ2) is 9.37. The van der Waals surface area contributed by atoms with Gasteiger partial charge in [0.25, 0.3) is 0 Å². The van der Waals surface area contributed by atoms with Crippen LogP contribution in [0.2, 0.25) is 5.02 Å². The zero-order valence-electron chi connectivity index (χ0n) is 19.5. The van der Waals surface area contributed by atoms with E-state index in [1.807, 2.05) is 0 Å². The van der Waals surface area contributed by atoms with Crippen molar-refractivity contribution in [2.24, 2.45) is 0 Å². The van der Waals surface area contributed by atoms with Gasteiger partial charge in [-0.25, -0.2) is 18.7 Å². The van der Waals surface area contributed by atoms with Gasteiger partial charge in [0.2, 0.25) is 0 Å². The summed E-state index contributed by atoms with van der Waals surface area (Å²) in [4.78, 5) is 13.1. The number of halogens is 3. The highest BCUT2D eigenvalue weighted by Crippen LogP contribution is 2.37. The largest absolute Gasteiger partial charge is 0.375 e. The summed E-state index contributed by atoms with van der Waals surface area (Å²) in [7, 11) is -2.56. The number of pyridine rings is 3. The summed E-state index contributed by atoms with van der Waals surface area (Å²) < 4.78 is 41.9. The molecule has 3 aromatic heterocycles. The third-order valence-electron chi connectivity index (χ3n) is 5.58. The first-order valence-electron chi connectivity index (χ1n) is 10.7. The molecule has 0 aliphatic carbocycles. The average molecular weight is 511 g/mol. The number of terminal acetylenes is 1. The van der Waals surface area contributed by atoms with E-state index in [4.69, 9.17) is 18.0 Å². The molecule has 1 atom stereocenters. The van der Waals surface area contributed by atoms with Crippen molar-refractivity contribution in [3.05, 3.63) is 76.1 Å². The summed E-state index contributed by atoms with van der Waals surface area (Å²) in [5.41, 5.74) is 3.24. The Morgan fingerprint density at radius 3 is 2.49 bits per heavy atom. The van der Waals surface area contributed by atoms with Crippen molar-refractivity contribution < 1.29 is 13.3 Å². The average Bonchev–Trinajstić information content (AvgIpc) is 2.81. The summed E-state index contributed by atoms with van der Waals surface area (Å²) >= 11 is 6.58. The Bertz CT molecular complexity index is 1540. The molecule has 178 valence electrons. The third kappa shape index (κ3) is 4.91. The van der Waals surface area contributed by atoms with Crippen LogP contribution in [-0.2, 0) is 4.57 Å². The van der Waals surface area contributed by atoms with Crippen molar-refractivity contribution in [3.63, 3.8) is 0 Å². The smallest absolute Gasteiger partial charge is 0.151 e. The fourth-order valence-electron chi connectivity index (χ4n) is 3.70. The van der Waals surface area contributed by atoms with Gasteiger partial charge in [0.05, 0.1) is 33.4 Å². The molecule has 4 rings (SSSR count). The van der Waals surface area contributed by atoms with Crippen LogP contribution in [0.15, 0.2) is 42.6 Å². The molecule has 0 aliphatic rings. The highest BCUT2D eigenvalue weighted by atomic mass is 35.5. The number of hydrogen-bond donors (Lipinski definition) is 1. The second-order valence-corrected chi connectivity index (χ2v) is 12.1. The molecule has 0 spiro atoms. The standard InChI is InChI=1S/C26H22ClF2N4OP/c1-6-16-7-9-19(28)18(11-16)14(2)32-26-23(27)15(3)31-21-12-20(29)24(33-25(21)26)17-8-10-22(30-13-17)35(4,5)34/h1,7-14H,2-5H3,(H,31,32). The zero-order chi connectivity index (χ0) is 25.5. The van der Waals surface area contributed by atoms with Gasteiger partial charge in [0.1, 0.15) is 24.2 Å². The van der Waals surface area contributed by atoms with Gasteiger partial charge in [-0.15, -0.1) is 6.42 Å². The van der Waals surface area contributed by atoms with Crippen LogP contribution in [0.1, 0.15) is 29.8 Å². The van der Waals surface area contributed by atoms with Crippen LogP contribution in [0.25, 0.3) is 22.3 Å². The van der Waals surface area contributed by atoms with Crippen molar-refractivity contribution in [1.29, 1.82) is 0 Å². The van der Waals surface area contributed by atoms with Crippen molar-refractivity contribution in [1.82, 2.24) is 15.0 Å². The van der Waals surface area contributed by atoms with Crippen LogP contribution < -0.4 is 10.8 Å². The van der Waals surface area contributed by atoms with E-state index in [9.17, 15) is 8.96 Å². The van der Waals surface area contributed by atoms with Gasteiger partial charge in [-0.05, 0) is 57.5 Å². The van der Waals surface area contributed by atoms with Gasteiger partial charge in [0.15, 0.2) is 5.82 Å². The molecule has 0 fully saturated rings. The van der Waals surface area contributed by atoms with Crippen molar-refractivity contribution in [2.75, 3.05) is 18.6 Å². The van der Waals surface area contributed by atoms with Crippen LogP contribution in [0.3, 0.4) is 0 Å². The first-order valence-corrected chi connectivity index (χ1v) is 13.7. The summed E-state index contributed by atoms with van der Waals surface area (Å²) in [5.74, 6) is 1.48. The van der Waals surface area contributed by atoms with Crippen LogP contribution in [0.5, 0.6) is 0 Å². The van der Waals surface area contributed by atoms with Crippen LogP contribution in [-0.4, -0.2) is 28.3 Å². The fraction of sp³-hybridized carbons (Fsp3) is 0.192. The van der Waals surface area contributed by atoms with Gasteiger partial charge < -0.3 is 9.88 Å². The van der Waals surface area contributed by atoms with Gasteiger partial charge in [0, 0.05) is 29.0 Å². The fourth-order valence-corrected chi connectivity index (χ4v) is 4.66. The molecule has 0 bridgehead atoms. The van der Waals surface area contributed by atoms with Crippen molar-refractivity contribution in [3.8, 4) is 23.6 Å². The molecule has 1 N–H and O–H groups in total. The van der Waals surface area contributed by atoms with E-state index >= 15 is 4.39 Å². The molecule has 5 nitrogen and oxygen atoms in total. The molecular weight excluding hydrogens is 489 g/mol. The lowest BCUT2D eigenvalue weighted by Gasteiger charge is -2.20. The Kier molecular flexibility index (Phi) is 6.64. The molecule has 4 aromatic rings. The summed E-state index contributed by atoms with van der Waals surface area (Å²) in [6, 6.07) is 8.39. The number of anilines is 1. The number of aromatic nitrogens is 3. The molecule has 3 heterocycles. The highest BCUT2D eigenvalue weighted by Gasteiger charge is 2.21. The second-order valence-electron chi connectivity index (χ2n) is 8.58. The predicted molar refractivity (Wildman–Crippen MR) is 138 cm³/mol. The predicted octanol–water partition coefficient (Wildman–Crippen LogP) is 6.33. The van der Waals surface area contributed by atoms with Gasteiger partial charge in [-0.3, -0.25) is 4.98 Å². The number of nitrogens with one attached hydrogen (secondary N) is 1. The molecule has 0 aliphatic heterocycles. The maximum absolute atomic E-state index is 15.1. The lowest BCUT2D eigenvalue weighted by atomic mass is 10.0. The van der Waals surface area contributed by atoms with Crippen LogP contribution >= 0.6 is 18.7 Å². The lowest BCUT2D eigenvalue weighted by Crippen LogP contribution is -2.11. The maximum Gasteiger partial charge on any atom is 0.151 e.